The van der Waals surface area contributed by atoms with Crippen molar-refractivity contribution in [1.29, 1.82) is 0 Å². The van der Waals surface area contributed by atoms with Crippen LogP contribution in [0.3, 0.4) is 0 Å². The third kappa shape index (κ3) is 8.24. The van der Waals surface area contributed by atoms with Gasteiger partial charge in [0, 0.05) is 65.4 Å². The van der Waals surface area contributed by atoms with E-state index < -0.39 is 60.2 Å². The Bertz CT molecular complexity index is 1910. The van der Waals surface area contributed by atoms with Crippen LogP contribution in [0.15, 0.2) is 73.4 Å². The number of carboxylic acid groups (broad SMARTS) is 2. The van der Waals surface area contributed by atoms with Crippen molar-refractivity contribution in [2.24, 2.45) is 5.73 Å². The van der Waals surface area contributed by atoms with Crippen LogP contribution in [0.4, 0.5) is 0 Å². The number of benzene rings is 2. The van der Waals surface area contributed by atoms with Crippen LogP contribution in [0.1, 0.15) is 29.7 Å². The molecule has 0 aliphatic heterocycles. The number of carboxylic acids is 2. The number of carbonyl (C=O) groups is 5. The van der Waals surface area contributed by atoms with E-state index in [0.717, 1.165) is 27.4 Å². The zero-order valence-corrected chi connectivity index (χ0v) is 25.7. The normalized spacial score (nSPS) is 13.8. The standard InChI is InChI=1S/C33H36N8O7/c34-23(11-18-14-36-24-7-3-1-5-21(18)24)30(44)39-26(9-10-29(42)43)31(45)40-27(12-19-15-37-25-8-4-2-6-22(19)25)32(46)41-28(33(47)48)13-20-16-35-17-38-20/h1-8,14-17,23,26-28,36-37H,9-13,34H2,(H,35,38)(H,39,44)(H,40,45)(H,41,46)(H,42,43)(H,47,48). The number of rotatable bonds is 16. The molecular formula is C33H36N8O7. The second-order valence-corrected chi connectivity index (χ2v) is 11.5. The average Bonchev–Trinajstić information content (AvgIpc) is 3.83. The molecule has 3 amide bonds. The monoisotopic (exact) mass is 656 g/mol. The van der Waals surface area contributed by atoms with Crippen molar-refractivity contribution in [2.75, 3.05) is 0 Å². The van der Waals surface area contributed by atoms with E-state index in [9.17, 15) is 34.2 Å². The van der Waals surface area contributed by atoms with E-state index in [0.29, 0.717) is 11.3 Å². The number of nitrogens with two attached hydrogens (primary N) is 1. The first-order valence-electron chi connectivity index (χ1n) is 15.3. The second-order valence-electron chi connectivity index (χ2n) is 11.5. The van der Waals surface area contributed by atoms with Gasteiger partial charge in [-0.1, -0.05) is 36.4 Å². The molecule has 0 aliphatic rings. The van der Waals surface area contributed by atoms with Crippen LogP contribution in [0.2, 0.25) is 0 Å². The quantitative estimate of drug-likeness (QED) is 0.0737. The number of imidazole rings is 1. The summed E-state index contributed by atoms with van der Waals surface area (Å²) in [5, 5.41) is 28.6. The number of H-pyrrole nitrogens is 3. The highest BCUT2D eigenvalue weighted by molar-refractivity contribution is 5.95. The molecular weight excluding hydrogens is 620 g/mol. The van der Waals surface area contributed by atoms with E-state index in [1.807, 2.05) is 48.5 Å². The van der Waals surface area contributed by atoms with Gasteiger partial charge in [0.25, 0.3) is 0 Å². The summed E-state index contributed by atoms with van der Waals surface area (Å²) in [6.45, 7) is 0. The predicted molar refractivity (Wildman–Crippen MR) is 175 cm³/mol. The molecule has 0 fully saturated rings. The van der Waals surface area contributed by atoms with Crippen molar-refractivity contribution >= 4 is 51.5 Å². The molecule has 0 saturated heterocycles. The minimum atomic E-state index is -1.36. The maximum absolute atomic E-state index is 13.7. The number of hydrogen-bond acceptors (Lipinski definition) is 7. The van der Waals surface area contributed by atoms with Crippen LogP contribution in [-0.4, -0.2) is 84.0 Å². The van der Waals surface area contributed by atoms with Crippen molar-refractivity contribution in [2.45, 2.75) is 56.3 Å². The van der Waals surface area contributed by atoms with Gasteiger partial charge < -0.3 is 46.8 Å². The SMILES string of the molecule is NC(Cc1c[nH]c2ccccc12)C(=O)NC(CCC(=O)O)C(=O)NC(Cc1c[nH]c2ccccc12)C(=O)NC(Cc1cnc[nH]1)C(=O)O. The van der Waals surface area contributed by atoms with Crippen molar-refractivity contribution in [1.82, 2.24) is 35.9 Å². The van der Waals surface area contributed by atoms with Crippen LogP contribution < -0.4 is 21.7 Å². The lowest BCUT2D eigenvalue weighted by Crippen LogP contribution is -2.58. The lowest BCUT2D eigenvalue weighted by molar-refractivity contribution is -0.142. The molecule has 0 saturated carbocycles. The van der Waals surface area contributed by atoms with Gasteiger partial charge in [-0.25, -0.2) is 9.78 Å². The highest BCUT2D eigenvalue weighted by Crippen LogP contribution is 2.20. The summed E-state index contributed by atoms with van der Waals surface area (Å²) < 4.78 is 0. The zero-order chi connectivity index (χ0) is 34.2. The van der Waals surface area contributed by atoms with E-state index in [1.165, 1.54) is 12.5 Å². The largest absolute Gasteiger partial charge is 0.481 e. The minimum Gasteiger partial charge on any atom is -0.481 e. The number of nitrogens with zero attached hydrogens (tertiary/aromatic N) is 1. The first kappa shape index (κ1) is 33.4. The van der Waals surface area contributed by atoms with Gasteiger partial charge in [-0.2, -0.15) is 0 Å². The number of aromatic nitrogens is 4. The highest BCUT2D eigenvalue weighted by atomic mass is 16.4. The van der Waals surface area contributed by atoms with Gasteiger partial charge in [0.2, 0.25) is 17.7 Å². The number of fused-ring (bicyclic) bond motifs is 2. The number of para-hydroxylation sites is 2. The second kappa shape index (κ2) is 15.1. The van der Waals surface area contributed by atoms with Crippen molar-refractivity contribution in [3.8, 4) is 0 Å². The number of aromatic amines is 3. The van der Waals surface area contributed by atoms with Gasteiger partial charge in [-0.3, -0.25) is 19.2 Å². The van der Waals surface area contributed by atoms with E-state index in [4.69, 9.17) is 5.73 Å². The topological polar surface area (TPSA) is 248 Å². The summed E-state index contributed by atoms with van der Waals surface area (Å²) in [7, 11) is 0. The molecule has 4 unspecified atom stereocenters. The molecule has 2 aromatic carbocycles. The Morgan fingerprint density at radius 2 is 1.27 bits per heavy atom. The Morgan fingerprint density at radius 1 is 0.708 bits per heavy atom. The Labute approximate surface area is 273 Å². The zero-order valence-electron chi connectivity index (χ0n) is 25.7. The molecule has 0 spiro atoms. The molecule has 10 N–H and O–H groups in total. The fraction of sp³-hybridized carbons (Fsp3) is 0.273. The van der Waals surface area contributed by atoms with Crippen LogP contribution in [0.25, 0.3) is 21.8 Å². The Hall–Kier alpha value is -5.96. The smallest absolute Gasteiger partial charge is 0.326 e. The third-order valence-electron chi connectivity index (χ3n) is 8.06. The highest BCUT2D eigenvalue weighted by Gasteiger charge is 2.32. The minimum absolute atomic E-state index is 0.0440. The van der Waals surface area contributed by atoms with E-state index >= 15 is 0 Å². The van der Waals surface area contributed by atoms with Gasteiger partial charge in [0.15, 0.2) is 0 Å². The van der Waals surface area contributed by atoms with Crippen molar-refractivity contribution in [3.63, 3.8) is 0 Å². The lowest BCUT2D eigenvalue weighted by atomic mass is 10.0. The summed E-state index contributed by atoms with van der Waals surface area (Å²) in [6.07, 6.45) is 5.51. The van der Waals surface area contributed by atoms with Gasteiger partial charge >= 0.3 is 11.9 Å². The molecule has 15 heteroatoms. The van der Waals surface area contributed by atoms with E-state index in [2.05, 4.69) is 35.9 Å². The Morgan fingerprint density at radius 3 is 1.85 bits per heavy atom. The Kier molecular flexibility index (Phi) is 10.5. The van der Waals surface area contributed by atoms with E-state index in [-0.39, 0.29) is 25.7 Å². The van der Waals surface area contributed by atoms with E-state index in [1.54, 1.807) is 12.4 Å². The Balaban J connectivity index is 1.35. The number of amides is 3. The maximum atomic E-state index is 13.7. The molecule has 0 bridgehead atoms. The summed E-state index contributed by atoms with van der Waals surface area (Å²) in [5.74, 6) is -4.80. The maximum Gasteiger partial charge on any atom is 0.326 e. The molecule has 0 aliphatic carbocycles. The predicted octanol–water partition coefficient (Wildman–Crippen LogP) is 1.13. The molecule has 3 heterocycles. The molecule has 48 heavy (non-hydrogen) atoms. The number of nitrogens with one attached hydrogen (secondary N) is 6. The number of carbonyl (C=O) groups excluding carboxylic acids is 3. The molecule has 3 aromatic heterocycles. The summed E-state index contributed by atoms with van der Waals surface area (Å²) in [4.78, 5) is 77.0. The fourth-order valence-corrected chi connectivity index (χ4v) is 5.54. The lowest BCUT2D eigenvalue weighted by Gasteiger charge is -2.25. The third-order valence-corrected chi connectivity index (χ3v) is 8.06. The molecule has 0 radical (unpaired) electrons. The average molecular weight is 657 g/mol. The first-order chi connectivity index (χ1) is 23.1. The van der Waals surface area contributed by atoms with Gasteiger partial charge in [-0.05, 0) is 36.1 Å². The van der Waals surface area contributed by atoms with Gasteiger partial charge in [0.05, 0.1) is 12.4 Å². The molecule has 4 atom stereocenters. The summed E-state index contributed by atoms with van der Waals surface area (Å²) >= 11 is 0. The number of hydrogen-bond donors (Lipinski definition) is 9. The summed E-state index contributed by atoms with van der Waals surface area (Å²) in [6, 6.07) is 9.73. The summed E-state index contributed by atoms with van der Waals surface area (Å²) in [5.41, 5.74) is 9.82. The molecule has 5 aromatic rings. The van der Waals surface area contributed by atoms with Crippen LogP contribution in [0, 0.1) is 0 Å². The van der Waals surface area contributed by atoms with Crippen LogP contribution in [-0.2, 0) is 43.2 Å². The molecule has 5 rings (SSSR count). The van der Waals surface area contributed by atoms with Crippen molar-refractivity contribution < 1.29 is 34.2 Å². The molecule has 15 nitrogen and oxygen atoms in total. The first-order valence-corrected chi connectivity index (χ1v) is 15.3. The number of aliphatic carboxylic acids is 2. The van der Waals surface area contributed by atoms with Gasteiger partial charge in [-0.15, -0.1) is 0 Å². The fourth-order valence-electron chi connectivity index (χ4n) is 5.54. The molecule has 250 valence electrons. The van der Waals surface area contributed by atoms with Crippen LogP contribution in [0.5, 0.6) is 0 Å². The van der Waals surface area contributed by atoms with Crippen molar-refractivity contribution in [3.05, 3.63) is 90.3 Å². The van der Waals surface area contributed by atoms with Gasteiger partial charge in [0.1, 0.15) is 18.1 Å². The van der Waals surface area contributed by atoms with Crippen LogP contribution >= 0.6 is 0 Å².